The molecule has 0 bridgehead atoms. The van der Waals surface area contributed by atoms with Gasteiger partial charge in [0.1, 0.15) is 0 Å². The molecule has 0 aliphatic heterocycles. The molecular formula is C23H34N2. The summed E-state index contributed by atoms with van der Waals surface area (Å²) in [6.45, 7) is 11.0. The van der Waals surface area contributed by atoms with Crippen molar-refractivity contribution in [1.82, 2.24) is 0 Å². The molecule has 0 amide bonds. The van der Waals surface area contributed by atoms with Crippen LogP contribution in [0.3, 0.4) is 0 Å². The molecule has 2 unspecified atom stereocenters. The third-order valence-electron chi connectivity index (χ3n) is 5.20. The topological polar surface area (TPSA) is 24.1 Å². The number of rotatable bonds is 10. The fourth-order valence-corrected chi connectivity index (χ4v) is 2.88. The molecule has 0 aliphatic rings. The minimum absolute atomic E-state index is 0.643. The second-order valence-corrected chi connectivity index (χ2v) is 7.07. The van der Waals surface area contributed by atoms with Gasteiger partial charge in [-0.3, -0.25) is 0 Å². The number of hydrogen-bond acceptors (Lipinski definition) is 2. The van der Waals surface area contributed by atoms with E-state index in [1.54, 1.807) is 0 Å². The van der Waals surface area contributed by atoms with Gasteiger partial charge in [0.2, 0.25) is 0 Å². The SMILES string of the molecule is CCC(C)c1ccc(NCCCNc2ccc(C(C)CC)cc2)cc1. The summed E-state index contributed by atoms with van der Waals surface area (Å²) >= 11 is 0. The molecule has 0 saturated heterocycles. The van der Waals surface area contributed by atoms with Crippen molar-refractivity contribution in [3.63, 3.8) is 0 Å². The highest BCUT2D eigenvalue weighted by Gasteiger charge is 2.03. The first kappa shape index (κ1) is 19.4. The van der Waals surface area contributed by atoms with Gasteiger partial charge < -0.3 is 10.6 Å². The molecule has 0 heterocycles. The van der Waals surface area contributed by atoms with Crippen LogP contribution in [0, 0.1) is 0 Å². The lowest BCUT2D eigenvalue weighted by Gasteiger charge is -2.12. The van der Waals surface area contributed by atoms with Crippen LogP contribution in [0.15, 0.2) is 48.5 Å². The summed E-state index contributed by atoms with van der Waals surface area (Å²) in [4.78, 5) is 0. The highest BCUT2D eigenvalue weighted by molar-refractivity contribution is 5.46. The fraction of sp³-hybridized carbons (Fsp3) is 0.478. The second kappa shape index (κ2) is 10.1. The summed E-state index contributed by atoms with van der Waals surface area (Å²) in [6, 6.07) is 17.8. The molecule has 2 N–H and O–H groups in total. The van der Waals surface area contributed by atoms with Gasteiger partial charge in [0.25, 0.3) is 0 Å². The summed E-state index contributed by atoms with van der Waals surface area (Å²) in [5.74, 6) is 1.29. The van der Waals surface area contributed by atoms with Gasteiger partial charge in [-0.05, 0) is 66.5 Å². The smallest absolute Gasteiger partial charge is 0.0340 e. The third kappa shape index (κ3) is 6.12. The summed E-state index contributed by atoms with van der Waals surface area (Å²) in [5, 5.41) is 7.01. The second-order valence-electron chi connectivity index (χ2n) is 7.07. The van der Waals surface area contributed by atoms with Gasteiger partial charge in [-0.1, -0.05) is 52.0 Å². The van der Waals surface area contributed by atoms with Crippen LogP contribution < -0.4 is 10.6 Å². The van der Waals surface area contributed by atoms with E-state index >= 15 is 0 Å². The highest BCUT2D eigenvalue weighted by Crippen LogP contribution is 2.21. The Kier molecular flexibility index (Phi) is 7.84. The zero-order valence-corrected chi connectivity index (χ0v) is 16.3. The van der Waals surface area contributed by atoms with E-state index in [2.05, 4.69) is 86.9 Å². The Labute approximate surface area is 154 Å². The van der Waals surface area contributed by atoms with Crippen molar-refractivity contribution in [2.24, 2.45) is 0 Å². The van der Waals surface area contributed by atoms with Crippen molar-refractivity contribution in [3.05, 3.63) is 59.7 Å². The fourth-order valence-electron chi connectivity index (χ4n) is 2.88. The van der Waals surface area contributed by atoms with Gasteiger partial charge in [-0.15, -0.1) is 0 Å². The Morgan fingerprint density at radius 1 is 0.640 bits per heavy atom. The van der Waals surface area contributed by atoms with Gasteiger partial charge >= 0.3 is 0 Å². The van der Waals surface area contributed by atoms with Gasteiger partial charge in [0.05, 0.1) is 0 Å². The Bertz CT molecular complexity index is 545. The normalized spacial score (nSPS) is 13.3. The molecule has 2 heteroatoms. The molecule has 2 aromatic carbocycles. The molecule has 0 saturated carbocycles. The lowest BCUT2D eigenvalue weighted by molar-refractivity contribution is 0.733. The molecule has 0 aliphatic carbocycles. The van der Waals surface area contributed by atoms with Crippen LogP contribution in [0.5, 0.6) is 0 Å². The van der Waals surface area contributed by atoms with Crippen molar-refractivity contribution >= 4 is 11.4 Å². The maximum absolute atomic E-state index is 3.51. The zero-order valence-electron chi connectivity index (χ0n) is 16.3. The molecule has 136 valence electrons. The summed E-state index contributed by atoms with van der Waals surface area (Å²) in [7, 11) is 0. The summed E-state index contributed by atoms with van der Waals surface area (Å²) < 4.78 is 0. The van der Waals surface area contributed by atoms with Crippen molar-refractivity contribution in [2.75, 3.05) is 23.7 Å². The first-order valence-corrected chi connectivity index (χ1v) is 9.81. The summed E-state index contributed by atoms with van der Waals surface area (Å²) in [5.41, 5.74) is 5.28. The van der Waals surface area contributed by atoms with Crippen LogP contribution >= 0.6 is 0 Å². The van der Waals surface area contributed by atoms with E-state index in [0.29, 0.717) is 11.8 Å². The molecule has 2 nitrogen and oxygen atoms in total. The molecule has 0 aromatic heterocycles. The van der Waals surface area contributed by atoms with E-state index in [1.807, 2.05) is 0 Å². The van der Waals surface area contributed by atoms with Crippen LogP contribution in [-0.2, 0) is 0 Å². The predicted octanol–water partition coefficient (Wildman–Crippen LogP) is 6.63. The monoisotopic (exact) mass is 338 g/mol. The molecule has 2 atom stereocenters. The van der Waals surface area contributed by atoms with Gasteiger partial charge in [-0.2, -0.15) is 0 Å². The Hall–Kier alpha value is -1.96. The first-order chi connectivity index (χ1) is 12.1. The van der Waals surface area contributed by atoms with E-state index in [-0.39, 0.29) is 0 Å². The largest absolute Gasteiger partial charge is 0.385 e. The molecule has 25 heavy (non-hydrogen) atoms. The van der Waals surface area contributed by atoms with Gasteiger partial charge in [0, 0.05) is 24.5 Å². The lowest BCUT2D eigenvalue weighted by atomic mass is 9.98. The number of benzene rings is 2. The minimum atomic E-state index is 0.643. The predicted molar refractivity (Wildman–Crippen MR) is 112 cm³/mol. The molecule has 0 spiro atoms. The molecule has 0 radical (unpaired) electrons. The van der Waals surface area contributed by atoms with Crippen molar-refractivity contribution in [1.29, 1.82) is 0 Å². The van der Waals surface area contributed by atoms with E-state index in [1.165, 1.54) is 35.3 Å². The third-order valence-corrected chi connectivity index (χ3v) is 5.20. The van der Waals surface area contributed by atoms with E-state index in [0.717, 1.165) is 19.5 Å². The van der Waals surface area contributed by atoms with Crippen LogP contribution in [-0.4, -0.2) is 13.1 Å². The maximum Gasteiger partial charge on any atom is 0.0340 e. The van der Waals surface area contributed by atoms with E-state index in [4.69, 9.17) is 0 Å². The Balaban J connectivity index is 1.67. The van der Waals surface area contributed by atoms with Crippen molar-refractivity contribution in [2.45, 2.75) is 58.8 Å². The minimum Gasteiger partial charge on any atom is -0.385 e. The molecule has 0 fully saturated rings. The quantitative estimate of drug-likeness (QED) is 0.475. The number of anilines is 2. The average molecular weight is 339 g/mol. The van der Waals surface area contributed by atoms with Crippen LogP contribution in [0.2, 0.25) is 0 Å². The highest BCUT2D eigenvalue weighted by atomic mass is 14.9. The van der Waals surface area contributed by atoms with Gasteiger partial charge in [0.15, 0.2) is 0 Å². The molecule has 2 aromatic rings. The number of nitrogens with one attached hydrogen (secondary N) is 2. The van der Waals surface area contributed by atoms with Crippen LogP contribution in [0.25, 0.3) is 0 Å². The first-order valence-electron chi connectivity index (χ1n) is 9.81. The van der Waals surface area contributed by atoms with Crippen molar-refractivity contribution < 1.29 is 0 Å². The van der Waals surface area contributed by atoms with Crippen LogP contribution in [0.4, 0.5) is 11.4 Å². The standard InChI is InChI=1S/C23H34N2/c1-5-18(3)20-8-12-22(13-9-20)24-16-7-17-25-23-14-10-21(11-15-23)19(4)6-2/h8-15,18-19,24-25H,5-7,16-17H2,1-4H3. The van der Waals surface area contributed by atoms with E-state index < -0.39 is 0 Å². The summed E-state index contributed by atoms with van der Waals surface area (Å²) in [6.07, 6.45) is 3.48. The lowest BCUT2D eigenvalue weighted by Crippen LogP contribution is -2.09. The van der Waals surface area contributed by atoms with E-state index in [9.17, 15) is 0 Å². The zero-order chi connectivity index (χ0) is 18.1. The Morgan fingerprint density at radius 3 is 1.32 bits per heavy atom. The van der Waals surface area contributed by atoms with Crippen LogP contribution in [0.1, 0.15) is 69.9 Å². The molecule has 2 rings (SSSR count). The molecular weight excluding hydrogens is 304 g/mol. The Morgan fingerprint density at radius 2 is 1.00 bits per heavy atom. The van der Waals surface area contributed by atoms with Gasteiger partial charge in [-0.25, -0.2) is 0 Å². The van der Waals surface area contributed by atoms with Crippen molar-refractivity contribution in [3.8, 4) is 0 Å². The maximum atomic E-state index is 3.51. The average Bonchev–Trinajstić information content (AvgIpc) is 2.67. The number of hydrogen-bond donors (Lipinski definition) is 2.